The van der Waals surface area contributed by atoms with Crippen molar-refractivity contribution in [3.63, 3.8) is 0 Å². The molecule has 0 aliphatic rings. The lowest BCUT2D eigenvalue weighted by molar-refractivity contribution is 0.0517. The van der Waals surface area contributed by atoms with Gasteiger partial charge in [-0.2, -0.15) is 5.26 Å². The van der Waals surface area contributed by atoms with Gasteiger partial charge in [-0.15, -0.1) is 0 Å². The Hall–Kier alpha value is -1.81. The Morgan fingerprint density at radius 3 is 2.48 bits per heavy atom. The smallest absolute Gasteiger partial charge is 0.426 e. The van der Waals surface area contributed by atoms with Gasteiger partial charge in [-0.1, -0.05) is 32.1 Å². The number of aromatic nitrogens is 1. The fourth-order valence-corrected chi connectivity index (χ4v) is 2.18. The van der Waals surface area contributed by atoms with Gasteiger partial charge in [0.25, 0.3) is 0 Å². The summed E-state index contributed by atoms with van der Waals surface area (Å²) in [6, 6.07) is 1.99. The van der Waals surface area contributed by atoms with Crippen molar-refractivity contribution in [1.82, 2.24) is 10.4 Å². The van der Waals surface area contributed by atoms with Crippen LogP contribution in [0.25, 0.3) is 0 Å². The SMILES string of the molecule is CC(C)(C)CN(NC(=O)OC(C)(C)C)c1cnc(C#N)s1. The van der Waals surface area contributed by atoms with Crippen LogP contribution in [0.3, 0.4) is 0 Å². The summed E-state index contributed by atoms with van der Waals surface area (Å²) in [6.07, 6.45) is 1.05. The van der Waals surface area contributed by atoms with Crippen molar-refractivity contribution in [1.29, 1.82) is 5.26 Å². The number of rotatable bonds is 3. The molecule has 0 aliphatic heterocycles. The van der Waals surface area contributed by atoms with E-state index in [-0.39, 0.29) is 5.41 Å². The molecule has 0 saturated heterocycles. The van der Waals surface area contributed by atoms with Gasteiger partial charge in [0.15, 0.2) is 5.01 Å². The normalized spacial score (nSPS) is 11.7. The van der Waals surface area contributed by atoms with Gasteiger partial charge in [0.1, 0.15) is 16.7 Å². The molecule has 1 N–H and O–H groups in total. The van der Waals surface area contributed by atoms with E-state index in [1.54, 1.807) is 32.0 Å². The van der Waals surface area contributed by atoms with Crippen LogP contribution in [0.2, 0.25) is 0 Å². The second-order valence-electron chi connectivity index (χ2n) is 6.88. The highest BCUT2D eigenvalue weighted by atomic mass is 32.1. The van der Waals surface area contributed by atoms with Crippen molar-refractivity contribution in [2.45, 2.75) is 47.1 Å². The molecular weight excluding hydrogens is 288 g/mol. The number of anilines is 1. The maximum absolute atomic E-state index is 11.9. The van der Waals surface area contributed by atoms with Crippen molar-refractivity contribution >= 4 is 22.4 Å². The minimum Gasteiger partial charge on any atom is -0.443 e. The predicted molar refractivity (Wildman–Crippen MR) is 83.0 cm³/mol. The van der Waals surface area contributed by atoms with Gasteiger partial charge in [0.05, 0.1) is 6.20 Å². The van der Waals surface area contributed by atoms with Crippen LogP contribution in [0, 0.1) is 16.7 Å². The Morgan fingerprint density at radius 1 is 1.43 bits per heavy atom. The summed E-state index contributed by atoms with van der Waals surface area (Å²) in [5.74, 6) is 0. The number of hydrogen-bond donors (Lipinski definition) is 1. The maximum atomic E-state index is 11.9. The molecular formula is C14H22N4O2S. The number of nitrogens with one attached hydrogen (secondary N) is 1. The molecule has 0 radical (unpaired) electrons. The topological polar surface area (TPSA) is 78.2 Å². The molecule has 7 heteroatoms. The standard InChI is InChI=1S/C14H22N4O2S/c1-13(2,3)9-18(11-8-16-10(7-15)21-11)17-12(19)20-14(4,5)6/h8H,9H2,1-6H3,(H,17,19). The number of ether oxygens (including phenoxy) is 1. The molecule has 1 aromatic heterocycles. The van der Waals surface area contributed by atoms with Crippen LogP contribution in [0.15, 0.2) is 6.20 Å². The predicted octanol–water partition coefficient (Wildman–Crippen LogP) is 3.31. The highest BCUT2D eigenvalue weighted by Gasteiger charge is 2.23. The molecule has 1 rings (SSSR count). The quantitative estimate of drug-likeness (QED) is 0.867. The van der Waals surface area contributed by atoms with Crippen LogP contribution in [0.5, 0.6) is 0 Å². The Labute approximate surface area is 129 Å². The molecule has 1 heterocycles. The lowest BCUT2D eigenvalue weighted by Crippen LogP contribution is -2.48. The molecule has 1 aromatic rings. The summed E-state index contributed by atoms with van der Waals surface area (Å²) in [5, 5.41) is 11.6. The van der Waals surface area contributed by atoms with Crippen LogP contribution >= 0.6 is 11.3 Å². The number of hydrazine groups is 1. The zero-order valence-electron chi connectivity index (χ0n) is 13.4. The lowest BCUT2D eigenvalue weighted by atomic mass is 9.97. The van der Waals surface area contributed by atoms with Crippen molar-refractivity contribution < 1.29 is 9.53 Å². The monoisotopic (exact) mass is 310 g/mol. The van der Waals surface area contributed by atoms with E-state index < -0.39 is 11.7 Å². The first-order chi connectivity index (χ1) is 9.50. The summed E-state index contributed by atoms with van der Waals surface area (Å²) < 4.78 is 5.26. The summed E-state index contributed by atoms with van der Waals surface area (Å²) in [5.41, 5.74) is 2.10. The average Bonchev–Trinajstić information content (AvgIpc) is 2.71. The van der Waals surface area contributed by atoms with E-state index in [4.69, 9.17) is 10.00 Å². The molecule has 0 atom stereocenters. The van der Waals surface area contributed by atoms with Crippen LogP contribution < -0.4 is 10.4 Å². The van der Waals surface area contributed by atoms with Gasteiger partial charge >= 0.3 is 6.09 Å². The van der Waals surface area contributed by atoms with Crippen LogP contribution in [0.4, 0.5) is 9.80 Å². The third-order valence-corrected chi connectivity index (χ3v) is 3.04. The summed E-state index contributed by atoms with van der Waals surface area (Å²) >= 11 is 1.23. The summed E-state index contributed by atoms with van der Waals surface area (Å²) in [6.45, 7) is 12.2. The Bertz CT molecular complexity index is 534. The van der Waals surface area contributed by atoms with Gasteiger partial charge < -0.3 is 4.74 Å². The molecule has 0 aromatic carbocycles. The molecule has 0 unspecified atom stereocenters. The molecule has 0 fully saturated rings. The molecule has 0 saturated carbocycles. The largest absolute Gasteiger partial charge is 0.443 e. The van der Waals surface area contributed by atoms with E-state index in [9.17, 15) is 4.79 Å². The van der Waals surface area contributed by atoms with Crippen molar-refractivity contribution in [3.05, 3.63) is 11.2 Å². The van der Waals surface area contributed by atoms with E-state index in [1.165, 1.54) is 11.3 Å². The molecule has 1 amide bonds. The van der Waals surface area contributed by atoms with Crippen molar-refractivity contribution in [3.8, 4) is 6.07 Å². The highest BCUT2D eigenvalue weighted by molar-refractivity contribution is 7.16. The third kappa shape index (κ3) is 6.45. The number of amides is 1. The first-order valence-electron chi connectivity index (χ1n) is 6.63. The Morgan fingerprint density at radius 2 is 2.05 bits per heavy atom. The molecule has 6 nitrogen and oxygen atoms in total. The van der Waals surface area contributed by atoms with E-state index in [1.807, 2.05) is 6.07 Å². The minimum atomic E-state index is -0.566. The van der Waals surface area contributed by atoms with E-state index in [0.717, 1.165) is 0 Å². The second-order valence-corrected chi connectivity index (χ2v) is 7.89. The zero-order chi connectivity index (χ0) is 16.3. The lowest BCUT2D eigenvalue weighted by Gasteiger charge is -2.31. The van der Waals surface area contributed by atoms with E-state index >= 15 is 0 Å². The van der Waals surface area contributed by atoms with Crippen LogP contribution in [-0.2, 0) is 4.74 Å². The fourth-order valence-electron chi connectivity index (χ4n) is 1.50. The van der Waals surface area contributed by atoms with Gasteiger partial charge in [-0.3, -0.25) is 5.01 Å². The van der Waals surface area contributed by atoms with Crippen LogP contribution in [0.1, 0.15) is 46.6 Å². The number of carbonyl (C=O) groups excluding carboxylic acids is 1. The van der Waals surface area contributed by atoms with E-state index in [0.29, 0.717) is 16.6 Å². The molecule has 0 spiro atoms. The summed E-state index contributed by atoms with van der Waals surface area (Å²) in [4.78, 5) is 15.9. The van der Waals surface area contributed by atoms with Crippen molar-refractivity contribution in [2.24, 2.45) is 5.41 Å². The first-order valence-corrected chi connectivity index (χ1v) is 7.45. The van der Waals surface area contributed by atoms with E-state index in [2.05, 4.69) is 31.2 Å². The average molecular weight is 310 g/mol. The van der Waals surface area contributed by atoms with Gasteiger partial charge in [-0.05, 0) is 26.2 Å². The highest BCUT2D eigenvalue weighted by Crippen LogP contribution is 2.25. The molecule has 0 aliphatic carbocycles. The van der Waals surface area contributed by atoms with Crippen LogP contribution in [-0.4, -0.2) is 23.2 Å². The van der Waals surface area contributed by atoms with Crippen molar-refractivity contribution in [2.75, 3.05) is 11.6 Å². The third-order valence-electron chi connectivity index (χ3n) is 2.11. The zero-order valence-corrected chi connectivity index (χ0v) is 14.2. The van der Waals surface area contributed by atoms with Gasteiger partial charge in [-0.25, -0.2) is 15.2 Å². The second kappa shape index (κ2) is 6.31. The number of nitrogens with zero attached hydrogens (tertiary/aromatic N) is 3. The maximum Gasteiger partial charge on any atom is 0.426 e. The summed E-state index contributed by atoms with van der Waals surface area (Å²) in [7, 11) is 0. The Kier molecular flexibility index (Phi) is 5.18. The molecule has 116 valence electrons. The Balaban J connectivity index is 2.88. The number of nitriles is 1. The molecule has 0 bridgehead atoms. The number of carbonyl (C=O) groups is 1. The molecule has 21 heavy (non-hydrogen) atoms. The number of thiazole rings is 1. The fraction of sp³-hybridized carbons (Fsp3) is 0.643. The number of hydrogen-bond acceptors (Lipinski definition) is 6. The first kappa shape index (κ1) is 17.2. The van der Waals surface area contributed by atoms with Gasteiger partial charge in [0.2, 0.25) is 0 Å². The minimum absolute atomic E-state index is 0.0498. The van der Waals surface area contributed by atoms with Gasteiger partial charge in [0, 0.05) is 6.54 Å².